The van der Waals surface area contributed by atoms with E-state index in [1.807, 2.05) is 0 Å². The Hall–Kier alpha value is -7.08. The van der Waals surface area contributed by atoms with Crippen LogP contribution in [-0.4, -0.2) is 107 Å². The van der Waals surface area contributed by atoms with Gasteiger partial charge < -0.3 is 34.8 Å². The lowest BCUT2D eigenvalue weighted by atomic mass is 10.1. The van der Waals surface area contributed by atoms with E-state index in [2.05, 4.69) is 35.7 Å². The zero-order valence-electron chi connectivity index (χ0n) is 37.9. The maximum Gasteiger partial charge on any atom is 0.425 e. The standard InChI is InChI=1S/C44H42Cl2N8O13S2.O3S/c1-65-37-12-11-32(21-40(37)69(62,63)64)52-54-36-23-39(67-15-16-68(59,60)61)30(18-34(36)46)20-42-48-41(49-44(50-42)47-24-26-3-7-28(8-4-26)43(57)58)19-29-17-33(45)35(22-38(29)66-14-2-13-55)53-51-31-9-5-27(25-56)6-10-31;1-4(2)3/h3-12,17-18,21-23,55-56H,2,13-16,19-20,24-25H2,1H3,(H,57,58)(H,59,60,61)(H,62,63,64)(H,47,48,49,50);. The number of aliphatic hydroxyl groups is 2. The fourth-order valence-corrected chi connectivity index (χ4v) is 7.60. The van der Waals surface area contributed by atoms with Crippen LogP contribution in [0.5, 0.6) is 17.2 Å². The van der Waals surface area contributed by atoms with Crippen LogP contribution in [0.25, 0.3) is 0 Å². The second kappa shape index (κ2) is 26.6. The molecule has 24 nitrogen and oxygen atoms in total. The zero-order chi connectivity index (χ0) is 53.3. The second-order valence-electron chi connectivity index (χ2n) is 14.8. The molecule has 73 heavy (non-hydrogen) atoms. The minimum atomic E-state index is -4.71. The van der Waals surface area contributed by atoms with Crippen molar-refractivity contribution in [3.8, 4) is 17.2 Å². The summed E-state index contributed by atoms with van der Waals surface area (Å²) in [5, 5.41) is 48.4. The van der Waals surface area contributed by atoms with Crippen molar-refractivity contribution >= 4 is 88.7 Å². The number of aromatic carboxylic acids is 1. The van der Waals surface area contributed by atoms with Gasteiger partial charge in [0.15, 0.2) is 0 Å². The minimum Gasteiger partial charge on any atom is -0.495 e. The number of carboxylic acids is 1. The molecule has 6 N–H and O–H groups in total. The molecule has 0 saturated carbocycles. The molecule has 1 heterocycles. The summed E-state index contributed by atoms with van der Waals surface area (Å²) in [5.41, 5.74) is 3.07. The quantitative estimate of drug-likeness (QED) is 0.0208. The average Bonchev–Trinajstić information content (AvgIpc) is 3.33. The predicted molar refractivity (Wildman–Crippen MR) is 261 cm³/mol. The van der Waals surface area contributed by atoms with E-state index in [0.717, 1.165) is 6.07 Å². The first kappa shape index (κ1) is 56.8. The normalized spacial score (nSPS) is 11.5. The molecular weight excluding hydrogens is 1060 g/mol. The van der Waals surface area contributed by atoms with Gasteiger partial charge in [-0.05, 0) is 65.7 Å². The summed E-state index contributed by atoms with van der Waals surface area (Å²) in [4.78, 5) is 24.9. The summed E-state index contributed by atoms with van der Waals surface area (Å²) in [7, 11) is -11.1. The van der Waals surface area contributed by atoms with E-state index in [0.29, 0.717) is 40.1 Å². The minimum absolute atomic E-state index is 0.00713. The fraction of sp³-hybridized carbons (Fsp3) is 0.227. The number of carboxylic acid groups (broad SMARTS) is 1. The van der Waals surface area contributed by atoms with Crippen LogP contribution >= 0.6 is 23.2 Å². The van der Waals surface area contributed by atoms with Crippen molar-refractivity contribution in [2.45, 2.75) is 37.3 Å². The number of halogens is 2. The number of rotatable bonds is 23. The van der Waals surface area contributed by atoms with Crippen molar-refractivity contribution in [3.05, 3.63) is 141 Å². The van der Waals surface area contributed by atoms with E-state index in [1.165, 1.54) is 43.5 Å². The molecule has 6 rings (SSSR count). The zero-order valence-corrected chi connectivity index (χ0v) is 41.8. The Morgan fingerprint density at radius 3 is 1.70 bits per heavy atom. The Kier molecular flexibility index (Phi) is 20.7. The molecule has 0 atom stereocenters. The molecular formula is C44H42Cl2N8O16S3. The van der Waals surface area contributed by atoms with E-state index in [1.54, 1.807) is 48.5 Å². The van der Waals surface area contributed by atoms with E-state index in [9.17, 15) is 46.1 Å². The topological polar surface area (TPSA) is 366 Å². The number of hydrogen-bond donors (Lipinski definition) is 6. The van der Waals surface area contributed by atoms with Crippen molar-refractivity contribution in [1.82, 2.24) is 15.0 Å². The largest absolute Gasteiger partial charge is 0.495 e. The van der Waals surface area contributed by atoms with Gasteiger partial charge in [-0.3, -0.25) is 9.11 Å². The maximum absolute atomic E-state index is 12.0. The first-order valence-electron chi connectivity index (χ1n) is 20.9. The third-order valence-electron chi connectivity index (χ3n) is 9.59. The highest BCUT2D eigenvalue weighted by Gasteiger charge is 2.20. The van der Waals surface area contributed by atoms with Crippen LogP contribution in [-0.2, 0) is 56.8 Å². The lowest BCUT2D eigenvalue weighted by molar-refractivity contribution is 0.0696. The molecule has 0 aliphatic carbocycles. The van der Waals surface area contributed by atoms with Gasteiger partial charge in [0.2, 0.25) is 5.95 Å². The molecule has 6 aromatic rings. The number of anilines is 1. The lowest BCUT2D eigenvalue weighted by Gasteiger charge is -2.15. The van der Waals surface area contributed by atoms with Crippen LogP contribution in [0.2, 0.25) is 10.0 Å². The molecule has 0 bridgehead atoms. The Balaban J connectivity index is 0.00000238. The highest BCUT2D eigenvalue weighted by Crippen LogP contribution is 2.38. The molecule has 0 amide bonds. The highest BCUT2D eigenvalue weighted by molar-refractivity contribution is 7.86. The molecule has 386 valence electrons. The molecule has 29 heteroatoms. The van der Waals surface area contributed by atoms with Crippen LogP contribution in [0.3, 0.4) is 0 Å². The Morgan fingerprint density at radius 1 is 0.685 bits per heavy atom. The average molecular weight is 1110 g/mol. The SMILES string of the molecule is COc1ccc(N=Nc2cc(OCCS(=O)(=O)O)c(Cc3nc(Cc4cc(Cl)c(N=Nc5ccc(CO)cc5)cc4OCCCO)nc(NCc4ccc(C(=O)O)cc4)n3)cc2Cl)cc1S(=O)(=O)O.O=S(=O)=O. The maximum atomic E-state index is 12.0. The molecule has 0 aliphatic heterocycles. The molecule has 0 aliphatic rings. The highest BCUT2D eigenvalue weighted by atomic mass is 35.5. The van der Waals surface area contributed by atoms with Gasteiger partial charge in [0.1, 0.15) is 57.5 Å². The summed E-state index contributed by atoms with van der Waals surface area (Å²) >= 11 is 13.5. The number of ether oxygens (including phenoxy) is 3. The van der Waals surface area contributed by atoms with Crippen LogP contribution in [0.15, 0.2) is 116 Å². The number of benzene rings is 5. The van der Waals surface area contributed by atoms with Crippen molar-refractivity contribution in [1.29, 1.82) is 0 Å². The van der Waals surface area contributed by atoms with Crippen molar-refractivity contribution < 1.29 is 72.9 Å². The Bertz CT molecular complexity index is 3330. The molecule has 5 aromatic carbocycles. The smallest absolute Gasteiger partial charge is 0.425 e. The summed E-state index contributed by atoms with van der Waals surface area (Å²) in [6.45, 7) is -0.501. The van der Waals surface area contributed by atoms with E-state index in [-0.39, 0.29) is 101 Å². The molecule has 1 aromatic heterocycles. The van der Waals surface area contributed by atoms with Gasteiger partial charge in [-0.25, -0.2) is 9.78 Å². The van der Waals surface area contributed by atoms with Gasteiger partial charge >= 0.3 is 16.6 Å². The monoisotopic (exact) mass is 1100 g/mol. The van der Waals surface area contributed by atoms with Gasteiger partial charge in [0, 0.05) is 55.7 Å². The van der Waals surface area contributed by atoms with Crippen LogP contribution in [0.1, 0.15) is 50.7 Å². The number of methoxy groups -OCH3 is 1. The number of aromatic nitrogens is 3. The van der Waals surface area contributed by atoms with Crippen LogP contribution in [0, 0.1) is 0 Å². The van der Waals surface area contributed by atoms with E-state index in [4.69, 9.17) is 55.0 Å². The lowest BCUT2D eigenvalue weighted by Crippen LogP contribution is -2.14. The molecule has 0 saturated heterocycles. The van der Waals surface area contributed by atoms with Crippen LogP contribution in [0.4, 0.5) is 28.7 Å². The van der Waals surface area contributed by atoms with E-state index >= 15 is 0 Å². The Morgan fingerprint density at radius 2 is 1.21 bits per heavy atom. The molecule has 0 fully saturated rings. The fourth-order valence-electron chi connectivity index (χ4n) is 6.18. The summed E-state index contributed by atoms with van der Waals surface area (Å²) < 4.78 is 109. The second-order valence-corrected chi connectivity index (χ2v) is 19.0. The van der Waals surface area contributed by atoms with Gasteiger partial charge in [-0.1, -0.05) is 47.5 Å². The van der Waals surface area contributed by atoms with Gasteiger partial charge in [-0.15, -0.1) is 22.9 Å². The number of hydrogen-bond acceptors (Lipinski definition) is 21. The summed E-state index contributed by atoms with van der Waals surface area (Å²) in [6.07, 6.45) is 0.195. The number of azo groups is 2. The van der Waals surface area contributed by atoms with Crippen LogP contribution < -0.4 is 19.5 Å². The number of nitrogens with one attached hydrogen (secondary N) is 1. The number of aliphatic hydroxyl groups excluding tert-OH is 2. The third-order valence-corrected chi connectivity index (χ3v) is 11.7. The van der Waals surface area contributed by atoms with Crippen molar-refractivity contribution in [3.63, 3.8) is 0 Å². The third kappa shape index (κ3) is 18.2. The predicted octanol–water partition coefficient (Wildman–Crippen LogP) is 7.27. The first-order valence-corrected chi connectivity index (χ1v) is 25.7. The summed E-state index contributed by atoms with van der Waals surface area (Å²) in [6, 6.07) is 22.6. The Labute approximate surface area is 428 Å². The number of nitrogens with zero attached hydrogens (tertiary/aromatic N) is 7. The first-order chi connectivity index (χ1) is 34.6. The van der Waals surface area contributed by atoms with E-state index < -0.39 is 54.1 Å². The van der Waals surface area contributed by atoms with Gasteiger partial charge in [0.25, 0.3) is 20.2 Å². The van der Waals surface area contributed by atoms with Crippen molar-refractivity contribution in [2.75, 3.05) is 38.0 Å². The number of carbonyl (C=O) groups is 1. The van der Waals surface area contributed by atoms with Gasteiger partial charge in [0.05, 0.1) is 47.3 Å². The molecule has 0 spiro atoms. The van der Waals surface area contributed by atoms with Crippen molar-refractivity contribution in [2.24, 2.45) is 20.5 Å². The summed E-state index contributed by atoms with van der Waals surface area (Å²) in [5.74, 6) is -1.19. The molecule has 0 radical (unpaired) electrons. The van der Waals surface area contributed by atoms with Gasteiger partial charge in [-0.2, -0.15) is 37.0 Å². The molecule has 0 unspecified atom stereocenters.